The highest BCUT2D eigenvalue weighted by atomic mass is 79.9. The zero-order chi connectivity index (χ0) is 10.0. The molecule has 13 heavy (non-hydrogen) atoms. The van der Waals surface area contributed by atoms with Gasteiger partial charge in [0, 0.05) is 10.2 Å². The highest BCUT2D eigenvalue weighted by Crippen LogP contribution is 2.23. The van der Waals surface area contributed by atoms with Gasteiger partial charge in [0.1, 0.15) is 6.07 Å². The number of aromatic carboxylic acids is 1. The van der Waals surface area contributed by atoms with E-state index >= 15 is 0 Å². The predicted octanol–water partition coefficient (Wildman–Crippen LogP) is 1.60. The van der Waals surface area contributed by atoms with Crippen LogP contribution >= 0.6 is 15.9 Å². The molecule has 5 heteroatoms. The smallest absolute Gasteiger partial charge is 0.337 e. The molecular weight excluding hydrogens is 236 g/mol. The van der Waals surface area contributed by atoms with Crippen LogP contribution in [0.3, 0.4) is 0 Å². The Balaban J connectivity index is 3.44. The fourth-order valence-electron chi connectivity index (χ4n) is 0.859. The van der Waals surface area contributed by atoms with Crippen molar-refractivity contribution in [1.82, 2.24) is 0 Å². The van der Waals surface area contributed by atoms with Crippen LogP contribution in [0.15, 0.2) is 16.6 Å². The fourth-order valence-corrected chi connectivity index (χ4v) is 1.20. The maximum Gasteiger partial charge on any atom is 0.337 e. The van der Waals surface area contributed by atoms with Crippen LogP contribution in [0.5, 0.6) is 0 Å². The molecule has 1 aromatic carbocycles. The van der Waals surface area contributed by atoms with Gasteiger partial charge in [-0.2, -0.15) is 5.26 Å². The van der Waals surface area contributed by atoms with E-state index in [9.17, 15) is 4.79 Å². The Morgan fingerprint density at radius 1 is 1.62 bits per heavy atom. The van der Waals surface area contributed by atoms with E-state index in [1.165, 1.54) is 12.1 Å². The molecule has 4 nitrogen and oxygen atoms in total. The summed E-state index contributed by atoms with van der Waals surface area (Å²) in [6, 6.07) is 4.42. The first-order valence-corrected chi connectivity index (χ1v) is 4.08. The van der Waals surface area contributed by atoms with Crippen LogP contribution in [0.2, 0.25) is 0 Å². The number of carboxylic acid groups (broad SMARTS) is 1. The Morgan fingerprint density at radius 3 is 2.69 bits per heavy atom. The van der Waals surface area contributed by atoms with E-state index in [0.29, 0.717) is 10.2 Å². The average Bonchev–Trinajstić information content (AvgIpc) is 2.08. The van der Waals surface area contributed by atoms with Crippen molar-refractivity contribution < 1.29 is 9.90 Å². The van der Waals surface area contributed by atoms with Crippen molar-refractivity contribution in [3.8, 4) is 6.07 Å². The number of hydrogen-bond donors (Lipinski definition) is 2. The number of benzene rings is 1. The Hall–Kier alpha value is -1.54. The number of nitrogen functional groups attached to an aromatic ring is 1. The van der Waals surface area contributed by atoms with E-state index in [4.69, 9.17) is 16.1 Å². The van der Waals surface area contributed by atoms with E-state index < -0.39 is 5.97 Å². The molecule has 0 spiro atoms. The first kappa shape index (κ1) is 9.55. The number of rotatable bonds is 1. The number of hydrogen-bond acceptors (Lipinski definition) is 3. The molecule has 66 valence electrons. The summed E-state index contributed by atoms with van der Waals surface area (Å²) in [5.74, 6) is -1.16. The summed E-state index contributed by atoms with van der Waals surface area (Å²) >= 11 is 3.10. The number of anilines is 1. The minimum absolute atomic E-state index is 0.0804. The quantitative estimate of drug-likeness (QED) is 0.731. The van der Waals surface area contributed by atoms with Crippen LogP contribution < -0.4 is 5.73 Å². The minimum Gasteiger partial charge on any atom is -0.478 e. The van der Waals surface area contributed by atoms with Crippen LogP contribution in [-0.2, 0) is 0 Å². The summed E-state index contributed by atoms with van der Waals surface area (Å²) in [7, 11) is 0. The molecule has 1 aromatic rings. The summed E-state index contributed by atoms with van der Waals surface area (Å²) in [4.78, 5) is 10.6. The molecule has 0 atom stereocenters. The van der Waals surface area contributed by atoms with Crippen LogP contribution in [0.25, 0.3) is 0 Å². The van der Waals surface area contributed by atoms with Gasteiger partial charge in [0.25, 0.3) is 0 Å². The molecule has 0 saturated carbocycles. The van der Waals surface area contributed by atoms with Crippen molar-refractivity contribution in [3.63, 3.8) is 0 Å². The van der Waals surface area contributed by atoms with Gasteiger partial charge in [-0.15, -0.1) is 0 Å². The lowest BCUT2D eigenvalue weighted by atomic mass is 10.1. The summed E-state index contributed by atoms with van der Waals surface area (Å²) in [5, 5.41) is 17.3. The molecule has 0 radical (unpaired) electrons. The Kier molecular flexibility index (Phi) is 2.54. The molecule has 0 fully saturated rings. The lowest BCUT2D eigenvalue weighted by Crippen LogP contribution is -2.02. The van der Waals surface area contributed by atoms with Crippen LogP contribution in [0, 0.1) is 11.3 Å². The molecule has 1 rings (SSSR count). The third-order valence-corrected chi connectivity index (χ3v) is 2.17. The second-order valence-corrected chi connectivity index (χ2v) is 3.19. The normalized spacial score (nSPS) is 9.23. The van der Waals surface area contributed by atoms with E-state index in [1.54, 1.807) is 6.07 Å². The van der Waals surface area contributed by atoms with Gasteiger partial charge < -0.3 is 10.8 Å². The van der Waals surface area contributed by atoms with Crippen LogP contribution in [0.4, 0.5) is 5.69 Å². The van der Waals surface area contributed by atoms with Gasteiger partial charge in [0.15, 0.2) is 0 Å². The molecular formula is C8H5BrN2O2. The van der Waals surface area contributed by atoms with Crippen molar-refractivity contribution in [3.05, 3.63) is 27.7 Å². The van der Waals surface area contributed by atoms with E-state index in [-0.39, 0.29) is 11.1 Å². The third kappa shape index (κ3) is 1.79. The Bertz CT molecular complexity index is 409. The molecule has 0 saturated heterocycles. The monoisotopic (exact) mass is 240 g/mol. The number of carboxylic acids is 1. The summed E-state index contributed by atoms with van der Waals surface area (Å²) in [6.45, 7) is 0. The highest BCUT2D eigenvalue weighted by Gasteiger charge is 2.11. The number of nitrogens with zero attached hydrogens (tertiary/aromatic N) is 1. The second kappa shape index (κ2) is 3.46. The molecule has 3 N–H and O–H groups in total. The van der Waals surface area contributed by atoms with Crippen molar-refractivity contribution in [1.29, 1.82) is 5.26 Å². The highest BCUT2D eigenvalue weighted by molar-refractivity contribution is 9.10. The lowest BCUT2D eigenvalue weighted by Gasteiger charge is -2.02. The SMILES string of the molecule is N#Cc1cc(Br)c(N)cc1C(=O)O. The largest absolute Gasteiger partial charge is 0.478 e. The van der Waals surface area contributed by atoms with Gasteiger partial charge in [-0.25, -0.2) is 4.79 Å². The molecule has 0 amide bonds. The van der Waals surface area contributed by atoms with Crippen LogP contribution in [0.1, 0.15) is 15.9 Å². The summed E-state index contributed by atoms with van der Waals surface area (Å²) in [5.41, 5.74) is 5.78. The topological polar surface area (TPSA) is 87.1 Å². The van der Waals surface area contributed by atoms with Gasteiger partial charge in [-0.1, -0.05) is 0 Å². The lowest BCUT2D eigenvalue weighted by molar-refractivity contribution is 0.0696. The molecule has 0 aliphatic carbocycles. The maximum atomic E-state index is 10.6. The molecule has 0 aromatic heterocycles. The van der Waals surface area contributed by atoms with E-state index in [2.05, 4.69) is 15.9 Å². The molecule has 0 unspecified atom stereocenters. The molecule has 0 bridgehead atoms. The average molecular weight is 241 g/mol. The zero-order valence-corrected chi connectivity index (χ0v) is 8.00. The fraction of sp³-hybridized carbons (Fsp3) is 0. The first-order valence-electron chi connectivity index (χ1n) is 3.28. The second-order valence-electron chi connectivity index (χ2n) is 2.34. The molecule has 0 heterocycles. The van der Waals surface area contributed by atoms with Gasteiger partial charge in [-0.05, 0) is 28.1 Å². The van der Waals surface area contributed by atoms with E-state index in [1.807, 2.05) is 0 Å². The third-order valence-electron chi connectivity index (χ3n) is 1.49. The van der Waals surface area contributed by atoms with Crippen molar-refractivity contribution >= 4 is 27.6 Å². The van der Waals surface area contributed by atoms with Gasteiger partial charge >= 0.3 is 5.97 Å². The zero-order valence-electron chi connectivity index (χ0n) is 6.41. The Labute approximate surface area is 82.7 Å². The number of halogens is 1. The Morgan fingerprint density at radius 2 is 2.23 bits per heavy atom. The minimum atomic E-state index is -1.16. The maximum absolute atomic E-state index is 10.6. The van der Waals surface area contributed by atoms with Crippen LogP contribution in [-0.4, -0.2) is 11.1 Å². The van der Waals surface area contributed by atoms with Gasteiger partial charge in [0.05, 0.1) is 11.1 Å². The standard InChI is InChI=1S/C8H5BrN2O2/c9-6-1-4(3-10)5(8(12)13)2-7(6)11/h1-2H,11H2,(H,12,13). The summed E-state index contributed by atoms with van der Waals surface area (Å²) < 4.78 is 0.522. The predicted molar refractivity (Wildman–Crippen MR) is 50.2 cm³/mol. The molecule has 0 aliphatic heterocycles. The number of nitrogens with two attached hydrogens (primary N) is 1. The van der Waals surface area contributed by atoms with Crippen molar-refractivity contribution in [2.45, 2.75) is 0 Å². The van der Waals surface area contributed by atoms with Crippen molar-refractivity contribution in [2.75, 3.05) is 5.73 Å². The first-order chi connectivity index (χ1) is 6.06. The summed E-state index contributed by atoms with van der Waals surface area (Å²) in [6.07, 6.45) is 0. The van der Waals surface area contributed by atoms with Crippen molar-refractivity contribution in [2.24, 2.45) is 0 Å². The molecule has 0 aliphatic rings. The van der Waals surface area contributed by atoms with Gasteiger partial charge in [0.2, 0.25) is 0 Å². The van der Waals surface area contributed by atoms with E-state index in [0.717, 1.165) is 0 Å². The number of carbonyl (C=O) groups is 1. The van der Waals surface area contributed by atoms with Gasteiger partial charge in [-0.3, -0.25) is 0 Å². The number of nitriles is 1.